The van der Waals surface area contributed by atoms with Crippen molar-refractivity contribution in [3.8, 4) is 16.9 Å². The third-order valence-electron chi connectivity index (χ3n) is 4.71. The lowest BCUT2D eigenvalue weighted by Gasteiger charge is -2.27. The molecule has 1 amide bonds. The molecule has 1 aliphatic rings. The summed E-state index contributed by atoms with van der Waals surface area (Å²) in [5.74, 6) is -0.134. The summed E-state index contributed by atoms with van der Waals surface area (Å²) in [4.78, 5) is 11.1. The predicted molar refractivity (Wildman–Crippen MR) is 94.4 cm³/mol. The summed E-state index contributed by atoms with van der Waals surface area (Å²) in [6.07, 6.45) is -0.260. The summed E-state index contributed by atoms with van der Waals surface area (Å²) in [7, 11) is 0. The Balaban J connectivity index is 1.95. The van der Waals surface area contributed by atoms with E-state index in [1.54, 1.807) is 6.07 Å². The molecule has 0 spiro atoms. The van der Waals surface area contributed by atoms with Crippen LogP contribution in [0, 0.1) is 11.2 Å². The molecule has 0 radical (unpaired) electrons. The average Bonchev–Trinajstić information content (AvgIpc) is 2.78. The van der Waals surface area contributed by atoms with Crippen LogP contribution in [-0.2, 0) is 6.42 Å². The highest BCUT2D eigenvalue weighted by Gasteiger charge is 2.39. The van der Waals surface area contributed by atoms with Crippen molar-refractivity contribution in [1.29, 1.82) is 0 Å². The van der Waals surface area contributed by atoms with Gasteiger partial charge in [0.05, 0.1) is 12.6 Å². The molecular weight excluding hydrogens is 321 g/mol. The molecule has 25 heavy (non-hydrogen) atoms. The van der Waals surface area contributed by atoms with Crippen molar-refractivity contribution in [2.75, 3.05) is 6.61 Å². The van der Waals surface area contributed by atoms with Gasteiger partial charge >= 0.3 is 6.09 Å². The second-order valence-corrected chi connectivity index (χ2v) is 7.04. The van der Waals surface area contributed by atoms with Crippen LogP contribution in [0.5, 0.6) is 5.75 Å². The molecule has 2 aromatic rings. The van der Waals surface area contributed by atoms with Crippen molar-refractivity contribution >= 4 is 6.09 Å². The molecule has 1 aliphatic carbocycles. The van der Waals surface area contributed by atoms with Crippen molar-refractivity contribution in [3.05, 3.63) is 53.3 Å². The zero-order chi connectivity index (χ0) is 18.2. The van der Waals surface area contributed by atoms with Crippen molar-refractivity contribution in [2.24, 2.45) is 5.41 Å². The van der Waals surface area contributed by atoms with E-state index in [0.717, 1.165) is 28.7 Å². The lowest BCUT2D eigenvalue weighted by atomic mass is 9.85. The maximum absolute atomic E-state index is 14.1. The minimum atomic E-state index is -1.02. The van der Waals surface area contributed by atoms with E-state index in [-0.39, 0.29) is 23.0 Å². The Morgan fingerprint density at radius 1 is 1.28 bits per heavy atom. The Hall–Kier alpha value is -2.56. The molecule has 132 valence electrons. The van der Waals surface area contributed by atoms with E-state index >= 15 is 0 Å². The molecule has 4 nitrogen and oxygen atoms in total. The van der Waals surface area contributed by atoms with E-state index in [0.29, 0.717) is 6.61 Å². The Bertz CT molecular complexity index is 817. The number of fused-ring (bicyclic) bond motifs is 1. The molecule has 0 fully saturated rings. The molecule has 3 rings (SSSR count). The lowest BCUT2D eigenvalue weighted by Crippen LogP contribution is -2.34. The number of hydrogen-bond donors (Lipinski definition) is 2. The Morgan fingerprint density at radius 3 is 2.60 bits per heavy atom. The van der Waals surface area contributed by atoms with Gasteiger partial charge in [-0.3, -0.25) is 0 Å². The number of amides is 1. The molecule has 0 aliphatic heterocycles. The highest BCUT2D eigenvalue weighted by Crippen LogP contribution is 2.46. The van der Waals surface area contributed by atoms with Gasteiger partial charge in [0.1, 0.15) is 0 Å². The minimum absolute atomic E-state index is 0.205. The maximum atomic E-state index is 14.1. The van der Waals surface area contributed by atoms with Crippen LogP contribution in [-0.4, -0.2) is 17.8 Å². The smallest absolute Gasteiger partial charge is 0.405 e. The summed E-state index contributed by atoms with van der Waals surface area (Å²) in [5.41, 5.74) is 3.56. The quantitative estimate of drug-likeness (QED) is 0.840. The lowest BCUT2D eigenvalue weighted by molar-refractivity contribution is 0.175. The Morgan fingerprint density at radius 2 is 1.96 bits per heavy atom. The van der Waals surface area contributed by atoms with Gasteiger partial charge in [0.2, 0.25) is 0 Å². The predicted octanol–water partition coefficient (Wildman–Crippen LogP) is 4.78. The first-order valence-electron chi connectivity index (χ1n) is 8.37. The first-order valence-corrected chi connectivity index (χ1v) is 8.37. The van der Waals surface area contributed by atoms with Crippen LogP contribution in [0.4, 0.5) is 9.18 Å². The third kappa shape index (κ3) is 3.31. The number of ether oxygens (including phenoxy) is 1. The normalized spacial score (nSPS) is 17.8. The number of halogens is 1. The topological polar surface area (TPSA) is 58.6 Å². The molecule has 2 aromatic carbocycles. The first-order chi connectivity index (χ1) is 11.8. The third-order valence-corrected chi connectivity index (χ3v) is 4.71. The van der Waals surface area contributed by atoms with Crippen molar-refractivity contribution < 1.29 is 19.0 Å². The summed E-state index contributed by atoms with van der Waals surface area (Å²) in [5, 5.41) is 11.7. The van der Waals surface area contributed by atoms with Crippen LogP contribution in [0.15, 0.2) is 36.4 Å². The van der Waals surface area contributed by atoms with Gasteiger partial charge in [-0.1, -0.05) is 38.1 Å². The summed E-state index contributed by atoms with van der Waals surface area (Å²) in [6, 6.07) is 10.6. The molecule has 2 N–H and O–H groups in total. The molecule has 1 atom stereocenters. The van der Waals surface area contributed by atoms with E-state index in [1.165, 1.54) is 6.07 Å². The number of benzene rings is 2. The number of carbonyl (C=O) groups is 1. The van der Waals surface area contributed by atoms with Gasteiger partial charge in [-0.15, -0.1) is 0 Å². The maximum Gasteiger partial charge on any atom is 0.405 e. The van der Waals surface area contributed by atoms with Crippen molar-refractivity contribution in [3.63, 3.8) is 0 Å². The fraction of sp³-hybridized carbons (Fsp3) is 0.350. The van der Waals surface area contributed by atoms with Gasteiger partial charge in [0.25, 0.3) is 0 Å². The molecule has 0 heterocycles. The molecule has 0 aromatic heterocycles. The van der Waals surface area contributed by atoms with Crippen LogP contribution >= 0.6 is 0 Å². The molecule has 5 heteroatoms. The van der Waals surface area contributed by atoms with E-state index in [1.807, 2.05) is 45.0 Å². The fourth-order valence-corrected chi connectivity index (χ4v) is 3.58. The van der Waals surface area contributed by atoms with Crippen LogP contribution < -0.4 is 10.1 Å². The van der Waals surface area contributed by atoms with Gasteiger partial charge < -0.3 is 15.2 Å². The fourth-order valence-electron chi connectivity index (χ4n) is 3.58. The van der Waals surface area contributed by atoms with Crippen LogP contribution in [0.25, 0.3) is 11.1 Å². The molecule has 0 saturated heterocycles. The molecule has 0 bridgehead atoms. The van der Waals surface area contributed by atoms with E-state index in [2.05, 4.69) is 5.32 Å². The van der Waals surface area contributed by atoms with Gasteiger partial charge in [0.15, 0.2) is 11.6 Å². The van der Waals surface area contributed by atoms with E-state index < -0.39 is 6.09 Å². The Labute approximate surface area is 146 Å². The minimum Gasteiger partial charge on any atom is -0.491 e. The largest absolute Gasteiger partial charge is 0.491 e. The zero-order valence-corrected chi connectivity index (χ0v) is 14.6. The molecule has 0 saturated carbocycles. The number of rotatable bonds is 4. The van der Waals surface area contributed by atoms with Gasteiger partial charge in [-0.05, 0) is 53.1 Å². The first kappa shape index (κ1) is 17.3. The summed E-state index contributed by atoms with van der Waals surface area (Å²) in [6.45, 7) is 6.33. The Kier molecular flexibility index (Phi) is 4.41. The summed E-state index contributed by atoms with van der Waals surface area (Å²) >= 11 is 0. The second-order valence-electron chi connectivity index (χ2n) is 7.04. The molecule has 0 unspecified atom stereocenters. The number of nitrogens with one attached hydrogen (secondary N) is 1. The van der Waals surface area contributed by atoms with Crippen molar-refractivity contribution in [1.82, 2.24) is 5.32 Å². The average molecular weight is 343 g/mol. The van der Waals surface area contributed by atoms with Crippen LogP contribution in [0.2, 0.25) is 0 Å². The second kappa shape index (κ2) is 6.39. The van der Waals surface area contributed by atoms with Crippen LogP contribution in [0.3, 0.4) is 0 Å². The van der Waals surface area contributed by atoms with E-state index in [4.69, 9.17) is 9.84 Å². The number of hydrogen-bond acceptors (Lipinski definition) is 2. The highest BCUT2D eigenvalue weighted by molar-refractivity contribution is 5.69. The van der Waals surface area contributed by atoms with Crippen LogP contribution in [0.1, 0.15) is 37.9 Å². The molecular formula is C20H22FNO3. The summed E-state index contributed by atoms with van der Waals surface area (Å²) < 4.78 is 19.4. The highest BCUT2D eigenvalue weighted by atomic mass is 19.1. The van der Waals surface area contributed by atoms with Gasteiger partial charge in [-0.25, -0.2) is 9.18 Å². The standard InChI is InChI=1S/C20H22FNO3/c1-4-25-17-8-6-13(10-16(17)21)12-5-7-15-14(9-12)11-20(2,3)18(15)22-19(23)24/h5-10,18,22H,4,11H2,1-3H3,(H,23,24)/t18-/m0/s1. The monoisotopic (exact) mass is 343 g/mol. The van der Waals surface area contributed by atoms with Crippen molar-refractivity contribution in [2.45, 2.75) is 33.2 Å². The van der Waals surface area contributed by atoms with Gasteiger partial charge in [0, 0.05) is 0 Å². The van der Waals surface area contributed by atoms with Gasteiger partial charge in [-0.2, -0.15) is 0 Å². The SMILES string of the molecule is CCOc1ccc(-c2ccc3c(c2)CC(C)(C)[C@H]3NC(=O)O)cc1F. The van der Waals surface area contributed by atoms with E-state index in [9.17, 15) is 9.18 Å². The zero-order valence-electron chi connectivity index (χ0n) is 14.6. The number of carboxylic acid groups (broad SMARTS) is 1.